The highest BCUT2D eigenvalue weighted by Gasteiger charge is 2.31. The first kappa shape index (κ1) is 32.6. The standard InChI is InChI=1S/C23H36N8O8/c1-11(32)18(25)21(37)30-15(9-12-4-6-13(33)7-5-12)20(36)29-14(3-2-8-28-23(26)27)19(35)31-16(22(38)39)10-17(24)34/h4-7,11,14-16,18,32-33H,2-3,8-10,25H2,1H3,(H2,24,34)(H,29,36)(H,30,37)(H,31,35)(H,38,39)(H4,26,27,28). The molecule has 4 amide bonds. The first-order valence-electron chi connectivity index (χ1n) is 11.9. The number of amides is 4. The van der Waals surface area contributed by atoms with Crippen molar-refractivity contribution in [1.82, 2.24) is 16.0 Å². The van der Waals surface area contributed by atoms with Gasteiger partial charge in [-0.05, 0) is 37.5 Å². The van der Waals surface area contributed by atoms with Crippen LogP contribution < -0.4 is 38.9 Å². The zero-order valence-corrected chi connectivity index (χ0v) is 21.4. The van der Waals surface area contributed by atoms with Gasteiger partial charge >= 0.3 is 5.97 Å². The van der Waals surface area contributed by atoms with Gasteiger partial charge in [-0.2, -0.15) is 0 Å². The first-order chi connectivity index (χ1) is 18.2. The van der Waals surface area contributed by atoms with Crippen LogP contribution in [0.5, 0.6) is 5.75 Å². The van der Waals surface area contributed by atoms with E-state index in [0.29, 0.717) is 5.56 Å². The maximum absolute atomic E-state index is 13.3. The molecule has 1 aromatic carbocycles. The molecule has 216 valence electrons. The van der Waals surface area contributed by atoms with Crippen LogP contribution in [-0.2, 0) is 30.4 Å². The van der Waals surface area contributed by atoms with Crippen molar-refractivity contribution in [3.8, 4) is 5.75 Å². The van der Waals surface area contributed by atoms with E-state index in [2.05, 4.69) is 20.9 Å². The number of aliphatic imine (C=N–C) groups is 1. The largest absolute Gasteiger partial charge is 0.508 e. The summed E-state index contributed by atoms with van der Waals surface area (Å²) in [7, 11) is 0. The molecule has 0 saturated carbocycles. The number of guanidine groups is 1. The van der Waals surface area contributed by atoms with E-state index in [0.717, 1.165) is 0 Å². The quantitative estimate of drug-likeness (QED) is 0.0537. The van der Waals surface area contributed by atoms with Gasteiger partial charge in [0.15, 0.2) is 5.96 Å². The number of phenols is 1. The summed E-state index contributed by atoms with van der Waals surface area (Å²) in [6, 6.07) is 0.143. The van der Waals surface area contributed by atoms with Crippen LogP contribution in [0.4, 0.5) is 0 Å². The molecule has 5 unspecified atom stereocenters. The lowest BCUT2D eigenvalue weighted by Crippen LogP contribution is -2.58. The van der Waals surface area contributed by atoms with Crippen LogP contribution in [0.25, 0.3) is 0 Å². The minimum atomic E-state index is -1.65. The van der Waals surface area contributed by atoms with Crippen molar-refractivity contribution in [2.45, 2.75) is 62.9 Å². The van der Waals surface area contributed by atoms with Gasteiger partial charge in [0.05, 0.1) is 12.5 Å². The number of aliphatic hydroxyl groups excluding tert-OH is 1. The van der Waals surface area contributed by atoms with E-state index in [4.69, 9.17) is 22.9 Å². The Kier molecular flexibility index (Phi) is 13.1. The Labute approximate surface area is 224 Å². The van der Waals surface area contributed by atoms with Crippen LogP contribution in [-0.4, -0.2) is 87.7 Å². The Morgan fingerprint density at radius 3 is 1.95 bits per heavy atom. The number of primary amides is 1. The van der Waals surface area contributed by atoms with E-state index >= 15 is 0 Å². The second-order valence-corrected chi connectivity index (χ2v) is 8.78. The van der Waals surface area contributed by atoms with Crippen LogP contribution in [0.2, 0.25) is 0 Å². The minimum absolute atomic E-state index is 0.0265. The van der Waals surface area contributed by atoms with Gasteiger partial charge in [-0.25, -0.2) is 4.79 Å². The molecular formula is C23H36N8O8. The summed E-state index contributed by atoms with van der Waals surface area (Å²) in [5.41, 5.74) is 21.9. The third-order valence-corrected chi connectivity index (χ3v) is 5.43. The van der Waals surface area contributed by atoms with E-state index in [1.807, 2.05) is 0 Å². The fraction of sp³-hybridized carbons (Fsp3) is 0.478. The topological polar surface area (TPSA) is 299 Å². The molecule has 1 aromatic rings. The average Bonchev–Trinajstić information content (AvgIpc) is 2.84. The number of carboxylic acids is 1. The Morgan fingerprint density at radius 2 is 1.44 bits per heavy atom. The lowest BCUT2D eigenvalue weighted by Gasteiger charge is -2.25. The molecule has 0 aliphatic heterocycles. The maximum atomic E-state index is 13.3. The molecule has 0 spiro atoms. The Morgan fingerprint density at radius 1 is 0.897 bits per heavy atom. The Balaban J connectivity index is 3.20. The van der Waals surface area contributed by atoms with Crippen LogP contribution >= 0.6 is 0 Å². The van der Waals surface area contributed by atoms with Gasteiger partial charge in [-0.1, -0.05) is 12.1 Å². The van der Waals surface area contributed by atoms with Crippen LogP contribution in [0.1, 0.15) is 31.7 Å². The number of carboxylic acid groups (broad SMARTS) is 1. The minimum Gasteiger partial charge on any atom is -0.508 e. The van der Waals surface area contributed by atoms with Crippen molar-refractivity contribution < 1.29 is 39.3 Å². The summed E-state index contributed by atoms with van der Waals surface area (Å²) in [5.74, 6) is -5.32. The van der Waals surface area contributed by atoms with Crippen molar-refractivity contribution in [3.63, 3.8) is 0 Å². The first-order valence-corrected chi connectivity index (χ1v) is 11.9. The molecule has 5 atom stereocenters. The van der Waals surface area contributed by atoms with E-state index in [9.17, 15) is 39.3 Å². The highest BCUT2D eigenvalue weighted by molar-refractivity contribution is 5.95. The number of aliphatic hydroxyl groups is 1. The molecular weight excluding hydrogens is 516 g/mol. The van der Waals surface area contributed by atoms with Crippen molar-refractivity contribution in [2.75, 3.05) is 6.54 Å². The van der Waals surface area contributed by atoms with E-state index in [1.165, 1.54) is 31.2 Å². The normalized spacial score (nSPS) is 14.5. The van der Waals surface area contributed by atoms with Crippen molar-refractivity contribution in [2.24, 2.45) is 27.9 Å². The number of hydrogen-bond donors (Lipinski definition) is 10. The summed E-state index contributed by atoms with van der Waals surface area (Å²) in [4.78, 5) is 65.2. The summed E-state index contributed by atoms with van der Waals surface area (Å²) in [5, 5.41) is 35.6. The molecule has 1 rings (SSSR count). The second-order valence-electron chi connectivity index (χ2n) is 8.78. The van der Waals surface area contributed by atoms with Crippen molar-refractivity contribution >= 4 is 35.6 Å². The average molecular weight is 553 g/mol. The number of rotatable bonds is 16. The van der Waals surface area contributed by atoms with Gasteiger partial charge in [0.1, 0.15) is 29.9 Å². The smallest absolute Gasteiger partial charge is 0.326 e. The third-order valence-electron chi connectivity index (χ3n) is 5.43. The van der Waals surface area contributed by atoms with Gasteiger partial charge in [0, 0.05) is 13.0 Å². The fourth-order valence-electron chi connectivity index (χ4n) is 3.28. The molecule has 0 aliphatic carbocycles. The van der Waals surface area contributed by atoms with Crippen LogP contribution in [0.15, 0.2) is 29.3 Å². The SMILES string of the molecule is CC(O)C(N)C(=O)NC(Cc1ccc(O)cc1)C(=O)NC(CCCN=C(N)N)C(=O)NC(CC(N)=O)C(=O)O. The summed E-state index contributed by atoms with van der Waals surface area (Å²) >= 11 is 0. The highest BCUT2D eigenvalue weighted by atomic mass is 16.4. The molecule has 0 aromatic heterocycles. The van der Waals surface area contributed by atoms with E-state index in [1.54, 1.807) is 0 Å². The van der Waals surface area contributed by atoms with E-state index < -0.39 is 66.3 Å². The Bertz CT molecular complexity index is 1040. The number of carbonyl (C=O) groups is 5. The second kappa shape index (κ2) is 15.7. The number of nitrogens with two attached hydrogens (primary N) is 4. The monoisotopic (exact) mass is 552 g/mol. The zero-order chi connectivity index (χ0) is 29.7. The van der Waals surface area contributed by atoms with Gasteiger partial charge in [0.25, 0.3) is 0 Å². The molecule has 0 bridgehead atoms. The lowest BCUT2D eigenvalue weighted by molar-refractivity contribution is -0.143. The molecule has 39 heavy (non-hydrogen) atoms. The number of aromatic hydroxyl groups is 1. The molecule has 0 saturated heterocycles. The number of aliphatic carboxylic acids is 1. The van der Waals surface area contributed by atoms with Gasteiger partial charge in [-0.3, -0.25) is 24.2 Å². The number of hydrogen-bond acceptors (Lipinski definition) is 9. The number of nitrogens with one attached hydrogen (secondary N) is 3. The molecule has 0 heterocycles. The highest BCUT2D eigenvalue weighted by Crippen LogP contribution is 2.12. The zero-order valence-electron chi connectivity index (χ0n) is 21.4. The molecule has 0 aliphatic rings. The molecule has 0 radical (unpaired) electrons. The van der Waals surface area contributed by atoms with Crippen LogP contribution in [0.3, 0.4) is 0 Å². The summed E-state index contributed by atoms with van der Waals surface area (Å²) in [6.07, 6.45) is -1.87. The maximum Gasteiger partial charge on any atom is 0.326 e. The molecule has 14 N–H and O–H groups in total. The third kappa shape index (κ3) is 12.1. The summed E-state index contributed by atoms with van der Waals surface area (Å²) in [6.45, 7) is 1.38. The van der Waals surface area contributed by atoms with Gasteiger partial charge < -0.3 is 54.2 Å². The molecule has 0 fully saturated rings. The fourth-order valence-corrected chi connectivity index (χ4v) is 3.28. The van der Waals surface area contributed by atoms with Crippen LogP contribution in [0, 0.1) is 0 Å². The number of carbonyl (C=O) groups excluding carboxylic acids is 4. The predicted octanol–water partition coefficient (Wildman–Crippen LogP) is -3.89. The van der Waals surface area contributed by atoms with Gasteiger partial charge in [-0.15, -0.1) is 0 Å². The predicted molar refractivity (Wildman–Crippen MR) is 139 cm³/mol. The van der Waals surface area contributed by atoms with Crippen molar-refractivity contribution in [3.05, 3.63) is 29.8 Å². The van der Waals surface area contributed by atoms with Crippen molar-refractivity contribution in [1.29, 1.82) is 0 Å². The molecule has 16 nitrogen and oxygen atoms in total. The van der Waals surface area contributed by atoms with E-state index in [-0.39, 0.29) is 37.5 Å². The number of phenolic OH excluding ortho intramolecular Hbond substituents is 1. The number of nitrogens with zero attached hydrogens (tertiary/aromatic N) is 1. The lowest BCUT2D eigenvalue weighted by atomic mass is 10.0. The Hall–Kier alpha value is -4.44. The molecule has 16 heteroatoms. The summed E-state index contributed by atoms with van der Waals surface area (Å²) < 4.78 is 0. The van der Waals surface area contributed by atoms with Gasteiger partial charge in [0.2, 0.25) is 23.6 Å². The number of benzene rings is 1.